The van der Waals surface area contributed by atoms with Gasteiger partial charge in [0.1, 0.15) is 0 Å². The Labute approximate surface area is 120 Å². The zero-order valence-corrected chi connectivity index (χ0v) is 11.6. The molecule has 0 saturated heterocycles. The molecule has 0 aliphatic heterocycles. The summed E-state index contributed by atoms with van der Waals surface area (Å²) in [6, 6.07) is 13.3. The van der Waals surface area contributed by atoms with Gasteiger partial charge < -0.3 is 4.74 Å². The molecule has 0 aliphatic carbocycles. The number of carbonyl (C=O) groups is 1. The van der Waals surface area contributed by atoms with Gasteiger partial charge in [-0.1, -0.05) is 30.0 Å². The number of hydrogen-bond donors (Lipinski definition) is 0. The number of rotatable bonds is 3. The lowest BCUT2D eigenvalue weighted by Gasteiger charge is -2.06. The van der Waals surface area contributed by atoms with Gasteiger partial charge in [-0.25, -0.2) is 9.31 Å². The van der Waals surface area contributed by atoms with Crippen molar-refractivity contribution in [2.75, 3.05) is 7.11 Å². The Balaban J connectivity index is 2.01. The van der Waals surface area contributed by atoms with Crippen LogP contribution in [0.4, 0.5) is 0 Å². The lowest BCUT2D eigenvalue weighted by atomic mass is 10.2. The summed E-state index contributed by atoms with van der Waals surface area (Å²) in [5.74, 6) is -0.329. The standard InChI is InChI=1S/C15H12N2O2S/c1-19-15(18)11-6-2-3-8-13(11)20-14-10-16-17-9-5-4-7-12(14)17/h2-10H,1H3. The first kappa shape index (κ1) is 12.7. The lowest BCUT2D eigenvalue weighted by molar-refractivity contribution is 0.0597. The first-order valence-electron chi connectivity index (χ1n) is 6.07. The molecule has 0 amide bonds. The van der Waals surface area contributed by atoms with Crippen molar-refractivity contribution >= 4 is 23.2 Å². The number of benzene rings is 1. The number of esters is 1. The van der Waals surface area contributed by atoms with Gasteiger partial charge in [0.15, 0.2) is 0 Å². The number of aromatic nitrogens is 2. The van der Waals surface area contributed by atoms with Crippen LogP contribution in [-0.2, 0) is 4.74 Å². The summed E-state index contributed by atoms with van der Waals surface area (Å²) in [5, 5.41) is 4.29. The molecule has 3 aromatic rings. The summed E-state index contributed by atoms with van der Waals surface area (Å²) in [4.78, 5) is 13.6. The van der Waals surface area contributed by atoms with Crippen LogP contribution < -0.4 is 0 Å². The number of methoxy groups -OCH3 is 1. The van der Waals surface area contributed by atoms with Gasteiger partial charge in [-0.15, -0.1) is 0 Å². The van der Waals surface area contributed by atoms with Crippen LogP contribution >= 0.6 is 11.8 Å². The van der Waals surface area contributed by atoms with Crippen molar-refractivity contribution in [1.82, 2.24) is 9.61 Å². The first-order chi connectivity index (χ1) is 9.79. The van der Waals surface area contributed by atoms with Gasteiger partial charge in [0.25, 0.3) is 0 Å². The second-order valence-electron chi connectivity index (χ2n) is 4.13. The van der Waals surface area contributed by atoms with Crippen molar-refractivity contribution in [2.24, 2.45) is 0 Å². The summed E-state index contributed by atoms with van der Waals surface area (Å²) in [5.41, 5.74) is 1.58. The molecular formula is C15H12N2O2S. The van der Waals surface area contributed by atoms with Crippen molar-refractivity contribution in [3.63, 3.8) is 0 Å². The van der Waals surface area contributed by atoms with E-state index in [1.807, 2.05) is 47.1 Å². The average Bonchev–Trinajstić information content (AvgIpc) is 2.90. The van der Waals surface area contributed by atoms with E-state index >= 15 is 0 Å². The number of nitrogens with zero attached hydrogens (tertiary/aromatic N) is 2. The van der Waals surface area contributed by atoms with Crippen LogP contribution in [0.3, 0.4) is 0 Å². The van der Waals surface area contributed by atoms with E-state index in [1.54, 1.807) is 12.3 Å². The third-order valence-corrected chi connectivity index (χ3v) is 4.01. The predicted molar refractivity (Wildman–Crippen MR) is 77.1 cm³/mol. The highest BCUT2D eigenvalue weighted by molar-refractivity contribution is 7.99. The van der Waals surface area contributed by atoms with E-state index in [0.29, 0.717) is 5.56 Å². The Hall–Kier alpha value is -2.27. The minimum Gasteiger partial charge on any atom is -0.465 e. The van der Waals surface area contributed by atoms with E-state index in [0.717, 1.165) is 15.3 Å². The molecule has 0 aliphatic rings. The molecule has 2 heterocycles. The topological polar surface area (TPSA) is 43.6 Å². The Morgan fingerprint density at radius 1 is 1.15 bits per heavy atom. The second kappa shape index (κ2) is 5.38. The zero-order valence-electron chi connectivity index (χ0n) is 10.8. The number of ether oxygens (including phenoxy) is 1. The maximum Gasteiger partial charge on any atom is 0.339 e. The minimum absolute atomic E-state index is 0.329. The highest BCUT2D eigenvalue weighted by atomic mass is 32.2. The number of carbonyl (C=O) groups excluding carboxylic acids is 1. The van der Waals surface area contributed by atoms with Gasteiger partial charge in [0, 0.05) is 11.1 Å². The summed E-state index contributed by atoms with van der Waals surface area (Å²) >= 11 is 1.51. The zero-order chi connectivity index (χ0) is 13.9. The fourth-order valence-corrected chi connectivity index (χ4v) is 2.95. The summed E-state index contributed by atoms with van der Waals surface area (Å²) in [6.45, 7) is 0. The van der Waals surface area contributed by atoms with Crippen molar-refractivity contribution in [1.29, 1.82) is 0 Å². The molecule has 1 aromatic carbocycles. The lowest BCUT2D eigenvalue weighted by Crippen LogP contribution is -2.02. The quantitative estimate of drug-likeness (QED) is 0.692. The SMILES string of the molecule is COC(=O)c1ccccc1Sc1cnn2ccccc12. The molecule has 20 heavy (non-hydrogen) atoms. The normalized spacial score (nSPS) is 10.7. The van der Waals surface area contributed by atoms with Crippen LogP contribution in [0.15, 0.2) is 64.6 Å². The van der Waals surface area contributed by atoms with Crippen molar-refractivity contribution < 1.29 is 9.53 Å². The van der Waals surface area contributed by atoms with Gasteiger partial charge in [0.2, 0.25) is 0 Å². The maximum atomic E-state index is 11.8. The molecule has 0 atom stereocenters. The van der Waals surface area contributed by atoms with Crippen molar-refractivity contribution in [3.8, 4) is 0 Å². The monoisotopic (exact) mass is 284 g/mol. The molecule has 0 N–H and O–H groups in total. The van der Waals surface area contributed by atoms with Crippen molar-refractivity contribution in [2.45, 2.75) is 9.79 Å². The Morgan fingerprint density at radius 3 is 2.80 bits per heavy atom. The molecule has 3 rings (SSSR count). The Morgan fingerprint density at radius 2 is 1.95 bits per heavy atom. The van der Waals surface area contributed by atoms with Crippen LogP contribution in [0.5, 0.6) is 0 Å². The smallest absolute Gasteiger partial charge is 0.339 e. The summed E-state index contributed by atoms with van der Waals surface area (Å²) in [7, 11) is 1.39. The summed E-state index contributed by atoms with van der Waals surface area (Å²) < 4.78 is 6.62. The van der Waals surface area contributed by atoms with Crippen LogP contribution in [0, 0.1) is 0 Å². The second-order valence-corrected chi connectivity index (χ2v) is 5.21. The highest BCUT2D eigenvalue weighted by Crippen LogP contribution is 2.33. The van der Waals surface area contributed by atoms with E-state index in [1.165, 1.54) is 18.9 Å². The van der Waals surface area contributed by atoms with Crippen molar-refractivity contribution in [3.05, 3.63) is 60.4 Å². The molecule has 0 unspecified atom stereocenters. The number of pyridine rings is 1. The van der Waals surface area contributed by atoms with Gasteiger partial charge in [0.05, 0.1) is 29.3 Å². The molecule has 0 saturated carbocycles. The Bertz CT molecular complexity index is 767. The largest absolute Gasteiger partial charge is 0.465 e. The fourth-order valence-electron chi connectivity index (χ4n) is 1.94. The van der Waals surface area contributed by atoms with E-state index in [2.05, 4.69) is 5.10 Å². The van der Waals surface area contributed by atoms with E-state index in [9.17, 15) is 4.79 Å². The predicted octanol–water partition coefficient (Wildman–Crippen LogP) is 3.27. The molecular weight excluding hydrogens is 272 g/mol. The van der Waals surface area contributed by atoms with E-state index in [4.69, 9.17) is 4.74 Å². The van der Waals surface area contributed by atoms with Crippen LogP contribution in [0.2, 0.25) is 0 Å². The third-order valence-electron chi connectivity index (χ3n) is 2.90. The molecule has 0 spiro atoms. The van der Waals surface area contributed by atoms with Crippen LogP contribution in [0.1, 0.15) is 10.4 Å². The minimum atomic E-state index is -0.329. The van der Waals surface area contributed by atoms with Gasteiger partial charge in [-0.05, 0) is 24.3 Å². The van der Waals surface area contributed by atoms with Gasteiger partial charge >= 0.3 is 5.97 Å². The number of fused-ring (bicyclic) bond motifs is 1. The molecule has 0 radical (unpaired) electrons. The van der Waals surface area contributed by atoms with Crippen LogP contribution in [-0.4, -0.2) is 22.7 Å². The molecule has 5 heteroatoms. The summed E-state index contributed by atoms with van der Waals surface area (Å²) in [6.07, 6.45) is 3.69. The Kier molecular flexibility index (Phi) is 3.43. The molecule has 0 bridgehead atoms. The van der Waals surface area contributed by atoms with E-state index in [-0.39, 0.29) is 5.97 Å². The first-order valence-corrected chi connectivity index (χ1v) is 6.89. The van der Waals surface area contributed by atoms with E-state index < -0.39 is 0 Å². The molecule has 100 valence electrons. The average molecular weight is 284 g/mol. The maximum absolute atomic E-state index is 11.8. The van der Waals surface area contributed by atoms with Gasteiger partial charge in [-0.2, -0.15) is 5.10 Å². The number of hydrogen-bond acceptors (Lipinski definition) is 4. The van der Waals surface area contributed by atoms with Crippen LogP contribution in [0.25, 0.3) is 5.52 Å². The molecule has 4 nitrogen and oxygen atoms in total. The highest BCUT2D eigenvalue weighted by Gasteiger charge is 2.13. The fraction of sp³-hybridized carbons (Fsp3) is 0.0667. The third kappa shape index (κ3) is 2.28. The molecule has 0 fully saturated rings. The van der Waals surface area contributed by atoms with Gasteiger partial charge in [-0.3, -0.25) is 0 Å². The molecule has 2 aromatic heterocycles.